The molecule has 2 aliphatic carbocycles. The summed E-state index contributed by atoms with van der Waals surface area (Å²) in [4.78, 5) is 0. The van der Waals surface area contributed by atoms with E-state index < -0.39 is 0 Å². The molecule has 0 saturated carbocycles. The monoisotopic (exact) mass is 635 g/mol. The summed E-state index contributed by atoms with van der Waals surface area (Å²) in [5.74, 6) is 2.94. The Labute approximate surface area is 179 Å². The van der Waals surface area contributed by atoms with Gasteiger partial charge in [0.15, 0.2) is 0 Å². The summed E-state index contributed by atoms with van der Waals surface area (Å²) in [6.07, 6.45) is 0. The molecule has 0 fully saturated rings. The zero-order valence-corrected chi connectivity index (χ0v) is 22.2. The van der Waals surface area contributed by atoms with E-state index in [9.17, 15) is 0 Å². The van der Waals surface area contributed by atoms with Crippen molar-refractivity contribution in [3.63, 3.8) is 0 Å². The van der Waals surface area contributed by atoms with Crippen molar-refractivity contribution >= 4 is 0 Å². The van der Waals surface area contributed by atoms with Crippen LogP contribution < -0.4 is 24.0 Å². The maximum atomic E-state index is 2.20. The minimum absolute atomic E-state index is 0. The van der Waals surface area contributed by atoms with Crippen LogP contribution in [0.3, 0.4) is 0 Å². The molecule has 0 saturated heterocycles. The SMILES string of the molecule is C[C]1C(C)=C(C)C(C)=C1C.C[C]1C(C)=C(C)C(C)=C1C.[I-].[U]. The van der Waals surface area contributed by atoms with Crippen molar-refractivity contribution < 1.29 is 55.1 Å². The molecule has 122 valence electrons. The molecule has 0 N–H and O–H groups in total. The van der Waals surface area contributed by atoms with E-state index in [-0.39, 0.29) is 55.1 Å². The molecule has 0 atom stereocenters. The topological polar surface area (TPSA) is 0 Å². The number of rotatable bonds is 0. The largest absolute Gasteiger partial charge is 1.00 e. The Kier molecular flexibility index (Phi) is 11.2. The van der Waals surface area contributed by atoms with Gasteiger partial charge in [-0.1, -0.05) is 36.1 Å². The van der Waals surface area contributed by atoms with Crippen LogP contribution in [0.2, 0.25) is 0 Å². The molecule has 0 aromatic carbocycles. The minimum Gasteiger partial charge on any atom is -1.00 e. The number of hydrogen-bond acceptors (Lipinski definition) is 0. The average Bonchev–Trinajstić information content (AvgIpc) is 2.71. The molecule has 2 aliphatic rings. The van der Waals surface area contributed by atoms with E-state index in [2.05, 4.69) is 69.2 Å². The van der Waals surface area contributed by atoms with E-state index >= 15 is 0 Å². The van der Waals surface area contributed by atoms with Gasteiger partial charge in [-0.2, -0.15) is 0 Å². The van der Waals surface area contributed by atoms with Gasteiger partial charge in [-0.3, -0.25) is 0 Å². The van der Waals surface area contributed by atoms with Gasteiger partial charge in [0, 0.05) is 42.9 Å². The third-order valence-electron chi connectivity index (χ3n) is 5.62. The predicted octanol–water partition coefficient (Wildman–Crippen LogP) is 3.54. The molecule has 0 spiro atoms. The maximum Gasteiger partial charge on any atom is 0.0226 e. The second kappa shape index (κ2) is 9.90. The Morgan fingerprint density at radius 3 is 0.500 bits per heavy atom. The molecule has 2 heteroatoms. The van der Waals surface area contributed by atoms with E-state index in [0.717, 1.165) is 0 Å². The Morgan fingerprint density at radius 1 is 0.318 bits per heavy atom. The molecule has 0 aromatic heterocycles. The van der Waals surface area contributed by atoms with Crippen molar-refractivity contribution in [1.29, 1.82) is 0 Å². The Morgan fingerprint density at radius 2 is 0.455 bits per heavy atom. The molecular formula is C20H30IU-. The van der Waals surface area contributed by atoms with Crippen LogP contribution in [0.5, 0.6) is 0 Å². The molecule has 2 radical (unpaired) electrons. The van der Waals surface area contributed by atoms with Crippen LogP contribution in [-0.4, -0.2) is 0 Å². The van der Waals surface area contributed by atoms with Crippen molar-refractivity contribution in [2.75, 3.05) is 0 Å². The van der Waals surface area contributed by atoms with Crippen LogP contribution in [-0.2, 0) is 0 Å². The van der Waals surface area contributed by atoms with Gasteiger partial charge < -0.3 is 24.0 Å². The van der Waals surface area contributed by atoms with E-state index in [0.29, 0.717) is 0 Å². The molecule has 0 aliphatic heterocycles. The first-order valence-electron chi connectivity index (χ1n) is 7.50. The summed E-state index contributed by atoms with van der Waals surface area (Å²) in [5.41, 5.74) is 11.7. The van der Waals surface area contributed by atoms with E-state index in [4.69, 9.17) is 0 Å². The summed E-state index contributed by atoms with van der Waals surface area (Å²) in [7, 11) is 0. The van der Waals surface area contributed by atoms with E-state index in [1.54, 1.807) is 0 Å². The molecule has 2 rings (SSSR count). The summed E-state index contributed by atoms with van der Waals surface area (Å²) < 4.78 is 0. The fourth-order valence-electron chi connectivity index (χ4n) is 2.81. The first-order chi connectivity index (χ1) is 9.11. The Hall–Kier alpha value is 0.742. The summed E-state index contributed by atoms with van der Waals surface area (Å²) in [6.45, 7) is 22.0. The molecule has 0 heterocycles. The van der Waals surface area contributed by atoms with Crippen molar-refractivity contribution in [2.24, 2.45) is 0 Å². The third kappa shape index (κ3) is 4.87. The van der Waals surface area contributed by atoms with Gasteiger partial charge in [-0.25, -0.2) is 0 Å². The fraction of sp³-hybridized carbons (Fsp3) is 0.500. The van der Waals surface area contributed by atoms with Gasteiger partial charge in [-0.05, 0) is 77.7 Å². The Balaban J connectivity index is 0. The second-order valence-electron chi connectivity index (χ2n) is 6.25. The van der Waals surface area contributed by atoms with Crippen LogP contribution in [0, 0.1) is 42.9 Å². The van der Waals surface area contributed by atoms with Crippen LogP contribution in [0.25, 0.3) is 0 Å². The van der Waals surface area contributed by atoms with E-state index in [1.807, 2.05) is 0 Å². The van der Waals surface area contributed by atoms with Gasteiger partial charge in [0.1, 0.15) is 0 Å². The molecular weight excluding hydrogens is 605 g/mol. The smallest absolute Gasteiger partial charge is 0.0226 e. The molecule has 0 amide bonds. The number of hydrogen-bond donors (Lipinski definition) is 0. The van der Waals surface area contributed by atoms with Crippen molar-refractivity contribution in [3.8, 4) is 0 Å². The van der Waals surface area contributed by atoms with Crippen LogP contribution >= 0.6 is 0 Å². The third-order valence-corrected chi connectivity index (χ3v) is 5.62. The fourth-order valence-corrected chi connectivity index (χ4v) is 2.81. The number of halogens is 1. The number of allylic oxidation sites excluding steroid dienone is 8. The van der Waals surface area contributed by atoms with Gasteiger partial charge >= 0.3 is 0 Å². The molecule has 0 bridgehead atoms. The van der Waals surface area contributed by atoms with Crippen LogP contribution in [0.15, 0.2) is 44.6 Å². The van der Waals surface area contributed by atoms with Crippen LogP contribution in [0.4, 0.5) is 0 Å². The summed E-state index contributed by atoms with van der Waals surface area (Å²) in [5, 5.41) is 0. The first kappa shape index (κ1) is 25.0. The zero-order valence-electron chi connectivity index (χ0n) is 15.9. The molecule has 0 aromatic rings. The van der Waals surface area contributed by atoms with Gasteiger partial charge in [0.2, 0.25) is 0 Å². The maximum absolute atomic E-state index is 2.20. The zero-order chi connectivity index (χ0) is 15.8. The summed E-state index contributed by atoms with van der Waals surface area (Å²) >= 11 is 0. The van der Waals surface area contributed by atoms with Crippen molar-refractivity contribution in [1.82, 2.24) is 0 Å². The first-order valence-corrected chi connectivity index (χ1v) is 7.50. The van der Waals surface area contributed by atoms with Gasteiger partial charge in [0.25, 0.3) is 0 Å². The minimum atomic E-state index is 0. The quantitative estimate of drug-likeness (QED) is 0.358. The van der Waals surface area contributed by atoms with Crippen molar-refractivity contribution in [3.05, 3.63) is 56.4 Å². The molecule has 0 nitrogen and oxygen atoms in total. The summed E-state index contributed by atoms with van der Waals surface area (Å²) in [6, 6.07) is 0. The van der Waals surface area contributed by atoms with Gasteiger partial charge in [-0.15, -0.1) is 0 Å². The molecule has 0 unspecified atom stereocenters. The van der Waals surface area contributed by atoms with Gasteiger partial charge in [0.05, 0.1) is 0 Å². The van der Waals surface area contributed by atoms with E-state index in [1.165, 1.54) is 56.4 Å². The standard InChI is InChI=1S/2C10H15.HI.U/c2*1-6-7(2)9(4)10(5)8(6)3;;/h2*1-5H3;1H;/p-1. The van der Waals surface area contributed by atoms with Crippen molar-refractivity contribution in [2.45, 2.75) is 69.2 Å². The van der Waals surface area contributed by atoms with Crippen LogP contribution in [0.1, 0.15) is 69.2 Å². The average molecular weight is 635 g/mol. The normalized spacial score (nSPS) is 19.4. The Bertz CT molecular complexity index is 446. The second-order valence-corrected chi connectivity index (χ2v) is 6.25. The molecule has 22 heavy (non-hydrogen) atoms. The predicted molar refractivity (Wildman–Crippen MR) is 91.3 cm³/mol.